The molecule has 0 fully saturated rings. The van der Waals surface area contributed by atoms with Gasteiger partial charge in [0.05, 0.1) is 17.1 Å². The Kier molecular flexibility index (Phi) is 6.14. The van der Waals surface area contributed by atoms with Crippen LogP contribution >= 0.6 is 0 Å². The van der Waals surface area contributed by atoms with Gasteiger partial charge < -0.3 is 0 Å². The highest BCUT2D eigenvalue weighted by atomic mass is 32.2. The van der Waals surface area contributed by atoms with Gasteiger partial charge in [-0.25, -0.2) is 8.42 Å². The Bertz CT molecular complexity index is 1520. The maximum atomic E-state index is 14.0. The fourth-order valence-electron chi connectivity index (χ4n) is 4.47. The predicted octanol–water partition coefficient (Wildman–Crippen LogP) is 7.11. The van der Waals surface area contributed by atoms with Gasteiger partial charge in [-0.05, 0) is 66.0 Å². The lowest BCUT2D eigenvalue weighted by Crippen LogP contribution is -2.33. The normalized spacial score (nSPS) is 15.1. The van der Waals surface area contributed by atoms with Crippen molar-refractivity contribution in [2.45, 2.75) is 18.7 Å². The highest BCUT2D eigenvalue weighted by molar-refractivity contribution is 7.92. The van der Waals surface area contributed by atoms with Crippen LogP contribution in [-0.2, 0) is 10.0 Å². The van der Waals surface area contributed by atoms with Crippen LogP contribution in [0.1, 0.15) is 29.2 Å². The number of aryl methyl sites for hydroxylation is 1. The third-order valence-electron chi connectivity index (χ3n) is 6.48. The Balaban J connectivity index is 1.77. The highest BCUT2D eigenvalue weighted by Gasteiger charge is 2.31. The number of benzene rings is 4. The van der Waals surface area contributed by atoms with Crippen LogP contribution in [0.2, 0.25) is 0 Å². The molecule has 1 aliphatic heterocycles. The van der Waals surface area contributed by atoms with Crippen molar-refractivity contribution in [2.75, 3.05) is 10.8 Å². The molecule has 0 spiro atoms. The summed E-state index contributed by atoms with van der Waals surface area (Å²) in [6.07, 6.45) is 2.15. The summed E-state index contributed by atoms with van der Waals surface area (Å²) in [4.78, 5) is 0.290. The van der Waals surface area contributed by atoms with Crippen LogP contribution < -0.4 is 4.31 Å². The van der Waals surface area contributed by atoms with E-state index in [1.54, 1.807) is 16.4 Å². The highest BCUT2D eigenvalue weighted by Crippen LogP contribution is 2.40. The zero-order valence-corrected chi connectivity index (χ0v) is 20.7. The molecule has 4 aromatic rings. The molecular formula is C31H27NO2S. The van der Waals surface area contributed by atoms with Crippen molar-refractivity contribution in [1.82, 2.24) is 0 Å². The summed E-state index contributed by atoms with van der Waals surface area (Å²) < 4.78 is 29.6. The Morgan fingerprint density at radius 2 is 1.34 bits per heavy atom. The molecule has 0 atom stereocenters. The minimum absolute atomic E-state index is 0.240. The van der Waals surface area contributed by atoms with Gasteiger partial charge >= 0.3 is 0 Å². The number of nitrogens with zero attached hydrogens (tertiary/aromatic N) is 1. The van der Waals surface area contributed by atoms with Gasteiger partial charge in [-0.2, -0.15) is 0 Å². The molecular weight excluding hydrogens is 450 g/mol. The molecule has 0 saturated heterocycles. The lowest BCUT2D eigenvalue weighted by Gasteiger charge is -2.26. The summed E-state index contributed by atoms with van der Waals surface area (Å²) >= 11 is 0. The SMILES string of the molecule is C/C(=C1/C=C(c2ccccc2)c2ccccc2N(S(=O)(=O)c2ccc(C)cc2)C1)c1ccccc1. The lowest BCUT2D eigenvalue weighted by atomic mass is 9.93. The lowest BCUT2D eigenvalue weighted by molar-refractivity contribution is 0.592. The third kappa shape index (κ3) is 4.45. The van der Waals surface area contributed by atoms with E-state index in [2.05, 4.69) is 37.3 Å². The van der Waals surface area contributed by atoms with Crippen LogP contribution in [0.15, 0.2) is 126 Å². The molecule has 0 aliphatic carbocycles. The maximum absolute atomic E-state index is 14.0. The quantitative estimate of drug-likeness (QED) is 0.314. The largest absolute Gasteiger partial charge is 0.264 e. The van der Waals surface area contributed by atoms with Gasteiger partial charge in [-0.15, -0.1) is 0 Å². The topological polar surface area (TPSA) is 37.4 Å². The van der Waals surface area contributed by atoms with Crippen molar-refractivity contribution < 1.29 is 8.42 Å². The number of hydrogen-bond acceptors (Lipinski definition) is 2. The fourth-order valence-corrected chi connectivity index (χ4v) is 5.93. The van der Waals surface area contributed by atoms with E-state index >= 15 is 0 Å². The van der Waals surface area contributed by atoms with Gasteiger partial charge in [0.15, 0.2) is 0 Å². The van der Waals surface area contributed by atoms with E-state index in [-0.39, 0.29) is 11.4 Å². The molecule has 0 amide bonds. The molecule has 0 aromatic heterocycles. The molecule has 5 rings (SSSR count). The van der Waals surface area contributed by atoms with E-state index in [9.17, 15) is 8.42 Å². The molecule has 0 saturated carbocycles. The van der Waals surface area contributed by atoms with Gasteiger partial charge in [-0.3, -0.25) is 4.31 Å². The van der Waals surface area contributed by atoms with Crippen molar-refractivity contribution in [3.8, 4) is 0 Å². The summed E-state index contributed by atoms with van der Waals surface area (Å²) in [7, 11) is -3.80. The Labute approximate surface area is 207 Å². The van der Waals surface area contributed by atoms with Crippen molar-refractivity contribution in [3.05, 3.63) is 143 Å². The summed E-state index contributed by atoms with van der Waals surface area (Å²) in [5.41, 5.74) is 7.74. The van der Waals surface area contributed by atoms with E-state index < -0.39 is 10.0 Å². The number of fused-ring (bicyclic) bond motifs is 1. The van der Waals surface area contributed by atoms with Gasteiger partial charge in [0.1, 0.15) is 0 Å². The first-order valence-electron chi connectivity index (χ1n) is 11.7. The van der Waals surface area contributed by atoms with Gasteiger partial charge in [0.25, 0.3) is 10.0 Å². The zero-order chi connectivity index (χ0) is 24.4. The van der Waals surface area contributed by atoms with Crippen molar-refractivity contribution in [2.24, 2.45) is 0 Å². The molecule has 0 bridgehead atoms. The summed E-state index contributed by atoms with van der Waals surface area (Å²) in [5, 5.41) is 0. The second-order valence-electron chi connectivity index (χ2n) is 8.78. The molecule has 0 radical (unpaired) electrons. The molecule has 35 heavy (non-hydrogen) atoms. The Morgan fingerprint density at radius 1 is 0.743 bits per heavy atom. The number of para-hydroxylation sites is 1. The molecule has 4 aromatic carbocycles. The van der Waals surface area contributed by atoms with Gasteiger partial charge in [0, 0.05) is 5.56 Å². The standard InChI is InChI=1S/C31H27NO2S/c1-23-17-19-28(20-18-23)35(33,34)32-22-27(24(2)25-11-5-3-6-12-25)21-30(26-13-7-4-8-14-26)29-15-9-10-16-31(29)32/h3-21H,22H2,1-2H3/b27-24+. The van der Waals surface area contributed by atoms with E-state index in [0.29, 0.717) is 5.69 Å². The summed E-state index contributed by atoms with van der Waals surface area (Å²) in [6.45, 7) is 4.26. The second kappa shape index (κ2) is 9.40. The summed E-state index contributed by atoms with van der Waals surface area (Å²) in [5.74, 6) is 0. The molecule has 4 heteroatoms. The van der Waals surface area contributed by atoms with E-state index in [1.807, 2.05) is 79.7 Å². The number of allylic oxidation sites excluding steroid dienone is 1. The minimum Gasteiger partial charge on any atom is -0.261 e. The Morgan fingerprint density at radius 3 is 2.03 bits per heavy atom. The van der Waals surface area contributed by atoms with Gasteiger partial charge in [0.2, 0.25) is 0 Å². The molecule has 0 N–H and O–H groups in total. The molecule has 1 aliphatic rings. The van der Waals surface area contributed by atoms with E-state index in [4.69, 9.17) is 0 Å². The van der Waals surface area contributed by atoms with Crippen molar-refractivity contribution >= 4 is 26.9 Å². The first-order chi connectivity index (χ1) is 16.9. The van der Waals surface area contributed by atoms with Crippen molar-refractivity contribution in [1.29, 1.82) is 0 Å². The molecule has 0 unspecified atom stereocenters. The number of sulfonamides is 1. The van der Waals surface area contributed by atoms with Crippen LogP contribution in [0.5, 0.6) is 0 Å². The molecule has 1 heterocycles. The molecule has 174 valence electrons. The van der Waals surface area contributed by atoms with E-state index in [0.717, 1.165) is 39.0 Å². The van der Waals surface area contributed by atoms with Crippen molar-refractivity contribution in [3.63, 3.8) is 0 Å². The van der Waals surface area contributed by atoms with Crippen LogP contribution in [0.4, 0.5) is 5.69 Å². The number of anilines is 1. The number of hydrogen-bond donors (Lipinski definition) is 0. The molecule has 3 nitrogen and oxygen atoms in total. The first kappa shape index (κ1) is 22.9. The van der Waals surface area contributed by atoms with Crippen LogP contribution in [-0.4, -0.2) is 15.0 Å². The average molecular weight is 478 g/mol. The maximum Gasteiger partial charge on any atom is 0.264 e. The third-order valence-corrected chi connectivity index (χ3v) is 8.25. The fraction of sp³-hybridized carbons (Fsp3) is 0.0968. The minimum atomic E-state index is -3.80. The smallest absolute Gasteiger partial charge is 0.261 e. The average Bonchev–Trinajstić information content (AvgIpc) is 3.08. The zero-order valence-electron chi connectivity index (χ0n) is 19.8. The Hall–Kier alpha value is -3.89. The first-order valence-corrected chi connectivity index (χ1v) is 13.1. The summed E-state index contributed by atoms with van der Waals surface area (Å²) in [6, 6.07) is 35.1. The number of rotatable bonds is 4. The van der Waals surface area contributed by atoms with Crippen LogP contribution in [0.25, 0.3) is 11.1 Å². The van der Waals surface area contributed by atoms with Crippen LogP contribution in [0.3, 0.4) is 0 Å². The second-order valence-corrected chi connectivity index (χ2v) is 10.6. The predicted molar refractivity (Wildman–Crippen MR) is 145 cm³/mol. The van der Waals surface area contributed by atoms with E-state index in [1.165, 1.54) is 0 Å². The van der Waals surface area contributed by atoms with Gasteiger partial charge in [-0.1, -0.05) is 96.6 Å². The van der Waals surface area contributed by atoms with Crippen LogP contribution in [0, 0.1) is 6.92 Å². The monoisotopic (exact) mass is 477 g/mol.